The van der Waals surface area contributed by atoms with Crippen molar-refractivity contribution in [1.29, 1.82) is 0 Å². The van der Waals surface area contributed by atoms with E-state index in [0.29, 0.717) is 23.8 Å². The molecule has 18 heavy (non-hydrogen) atoms. The third-order valence-corrected chi connectivity index (χ3v) is 2.77. The molecule has 1 unspecified atom stereocenters. The number of nitrogens with two attached hydrogens (primary N) is 1. The molecule has 1 aromatic rings. The lowest BCUT2D eigenvalue weighted by atomic mass is 10.1. The average Bonchev–Trinajstić information content (AvgIpc) is 2.32. The van der Waals surface area contributed by atoms with E-state index in [2.05, 4.69) is 24.5 Å². The Hall–Kier alpha value is -1.71. The summed E-state index contributed by atoms with van der Waals surface area (Å²) < 4.78 is 0. The zero-order valence-electron chi connectivity index (χ0n) is 11.4. The van der Waals surface area contributed by atoms with Crippen LogP contribution < -0.4 is 16.4 Å². The fraction of sp³-hybridized carbons (Fsp3) is 0.500. The monoisotopic (exact) mass is 249 g/mol. The van der Waals surface area contributed by atoms with Crippen molar-refractivity contribution in [3.05, 3.63) is 23.8 Å². The van der Waals surface area contributed by atoms with Crippen LogP contribution in [0.1, 0.15) is 44.0 Å². The molecule has 0 fully saturated rings. The van der Waals surface area contributed by atoms with E-state index >= 15 is 0 Å². The van der Waals surface area contributed by atoms with Crippen LogP contribution in [0, 0.1) is 0 Å². The van der Waals surface area contributed by atoms with Gasteiger partial charge < -0.3 is 16.4 Å². The molecular weight excluding hydrogens is 226 g/mol. The molecule has 4 N–H and O–H groups in total. The van der Waals surface area contributed by atoms with Crippen LogP contribution in [0.3, 0.4) is 0 Å². The molecule has 0 radical (unpaired) electrons. The molecule has 0 saturated carbocycles. The van der Waals surface area contributed by atoms with Crippen molar-refractivity contribution in [2.45, 2.75) is 39.7 Å². The van der Waals surface area contributed by atoms with Crippen LogP contribution in [0.5, 0.6) is 0 Å². The van der Waals surface area contributed by atoms with Crippen molar-refractivity contribution in [3.8, 4) is 0 Å². The topological polar surface area (TPSA) is 67.2 Å². The number of benzene rings is 1. The molecule has 1 amide bonds. The van der Waals surface area contributed by atoms with Crippen molar-refractivity contribution >= 4 is 17.3 Å². The Bertz CT molecular complexity index is 404. The number of amides is 1. The van der Waals surface area contributed by atoms with Crippen molar-refractivity contribution in [2.75, 3.05) is 17.6 Å². The fourth-order valence-electron chi connectivity index (χ4n) is 1.87. The van der Waals surface area contributed by atoms with E-state index in [1.165, 1.54) is 0 Å². The van der Waals surface area contributed by atoms with Crippen molar-refractivity contribution < 1.29 is 4.79 Å². The lowest BCUT2D eigenvalue weighted by Gasteiger charge is -2.16. The highest BCUT2D eigenvalue weighted by molar-refractivity contribution is 5.96. The molecule has 100 valence electrons. The zero-order chi connectivity index (χ0) is 13.5. The Morgan fingerprint density at radius 2 is 2.11 bits per heavy atom. The molecule has 0 aromatic heterocycles. The SMILES string of the molecule is CCCC(C)Nc1ccc(C(=O)NCC)cc1N. The molecule has 0 saturated heterocycles. The van der Waals surface area contributed by atoms with Gasteiger partial charge in [0, 0.05) is 18.2 Å². The van der Waals surface area contributed by atoms with Gasteiger partial charge in [0.2, 0.25) is 0 Å². The molecule has 0 spiro atoms. The van der Waals surface area contributed by atoms with Crippen LogP contribution >= 0.6 is 0 Å². The molecule has 4 heteroatoms. The Morgan fingerprint density at radius 3 is 2.67 bits per heavy atom. The summed E-state index contributed by atoms with van der Waals surface area (Å²) in [4.78, 5) is 11.6. The molecule has 0 aliphatic carbocycles. The fourth-order valence-corrected chi connectivity index (χ4v) is 1.87. The molecule has 0 aliphatic heterocycles. The minimum Gasteiger partial charge on any atom is -0.397 e. The lowest BCUT2D eigenvalue weighted by molar-refractivity contribution is 0.0956. The third kappa shape index (κ3) is 3.95. The number of nitrogens with one attached hydrogen (secondary N) is 2. The summed E-state index contributed by atoms with van der Waals surface area (Å²) in [5.74, 6) is -0.0858. The summed E-state index contributed by atoms with van der Waals surface area (Å²) in [5, 5.41) is 6.11. The molecule has 1 aromatic carbocycles. The van der Waals surface area contributed by atoms with Gasteiger partial charge in [-0.05, 0) is 38.5 Å². The maximum Gasteiger partial charge on any atom is 0.251 e. The van der Waals surface area contributed by atoms with Crippen LogP contribution in [0.2, 0.25) is 0 Å². The van der Waals surface area contributed by atoms with Gasteiger partial charge in [0.15, 0.2) is 0 Å². The molecule has 0 heterocycles. The van der Waals surface area contributed by atoms with E-state index < -0.39 is 0 Å². The quantitative estimate of drug-likeness (QED) is 0.679. The number of anilines is 2. The van der Waals surface area contributed by atoms with Gasteiger partial charge in [0.05, 0.1) is 11.4 Å². The maximum absolute atomic E-state index is 11.6. The van der Waals surface area contributed by atoms with Gasteiger partial charge in [0.25, 0.3) is 5.91 Å². The van der Waals surface area contributed by atoms with Crippen molar-refractivity contribution in [1.82, 2.24) is 5.32 Å². The predicted molar refractivity (Wildman–Crippen MR) is 76.9 cm³/mol. The van der Waals surface area contributed by atoms with Crippen LogP contribution in [0.25, 0.3) is 0 Å². The zero-order valence-corrected chi connectivity index (χ0v) is 11.4. The first-order valence-electron chi connectivity index (χ1n) is 6.52. The Labute approximate surface area is 109 Å². The van der Waals surface area contributed by atoms with Gasteiger partial charge in [-0.25, -0.2) is 0 Å². The Kier molecular flexibility index (Phi) is 5.49. The highest BCUT2D eigenvalue weighted by Gasteiger charge is 2.08. The maximum atomic E-state index is 11.6. The predicted octanol–water partition coefficient (Wildman–Crippen LogP) is 2.62. The van der Waals surface area contributed by atoms with E-state index in [1.807, 2.05) is 13.0 Å². The number of hydrogen-bond donors (Lipinski definition) is 3. The number of carbonyl (C=O) groups excluding carboxylic acids is 1. The van der Waals surface area contributed by atoms with Crippen LogP contribution in [0.15, 0.2) is 18.2 Å². The molecule has 1 rings (SSSR count). The summed E-state index contributed by atoms with van der Waals surface area (Å²) in [6.07, 6.45) is 2.22. The summed E-state index contributed by atoms with van der Waals surface area (Å²) in [6.45, 7) is 6.79. The van der Waals surface area contributed by atoms with Crippen LogP contribution in [0.4, 0.5) is 11.4 Å². The molecule has 0 bridgehead atoms. The third-order valence-electron chi connectivity index (χ3n) is 2.77. The van der Waals surface area contributed by atoms with Gasteiger partial charge in [-0.3, -0.25) is 4.79 Å². The summed E-state index contributed by atoms with van der Waals surface area (Å²) in [7, 11) is 0. The van der Waals surface area contributed by atoms with Gasteiger partial charge >= 0.3 is 0 Å². The second-order valence-electron chi connectivity index (χ2n) is 4.50. The largest absolute Gasteiger partial charge is 0.397 e. The van der Waals surface area contributed by atoms with Gasteiger partial charge in [-0.15, -0.1) is 0 Å². The highest BCUT2D eigenvalue weighted by Crippen LogP contribution is 2.21. The number of carbonyl (C=O) groups is 1. The second-order valence-corrected chi connectivity index (χ2v) is 4.50. The smallest absolute Gasteiger partial charge is 0.251 e. The highest BCUT2D eigenvalue weighted by atomic mass is 16.1. The standard InChI is InChI=1S/C14H23N3O/c1-4-6-10(3)17-13-8-7-11(9-12(13)15)14(18)16-5-2/h7-10,17H,4-6,15H2,1-3H3,(H,16,18). The van der Waals surface area contributed by atoms with E-state index in [9.17, 15) is 4.79 Å². The van der Waals surface area contributed by atoms with Gasteiger partial charge in [-0.2, -0.15) is 0 Å². The summed E-state index contributed by atoms with van der Waals surface area (Å²) in [6, 6.07) is 5.76. The van der Waals surface area contributed by atoms with Crippen LogP contribution in [-0.4, -0.2) is 18.5 Å². The first-order valence-corrected chi connectivity index (χ1v) is 6.52. The number of nitrogen functional groups attached to an aromatic ring is 1. The van der Waals surface area contributed by atoms with E-state index in [0.717, 1.165) is 18.5 Å². The second kappa shape index (κ2) is 6.89. The average molecular weight is 249 g/mol. The summed E-state index contributed by atoms with van der Waals surface area (Å²) >= 11 is 0. The Morgan fingerprint density at radius 1 is 1.39 bits per heavy atom. The summed E-state index contributed by atoms with van der Waals surface area (Å²) in [5.41, 5.74) is 8.06. The Balaban J connectivity index is 2.76. The minimum absolute atomic E-state index is 0.0858. The van der Waals surface area contributed by atoms with Crippen molar-refractivity contribution in [3.63, 3.8) is 0 Å². The molecule has 4 nitrogen and oxygen atoms in total. The first kappa shape index (κ1) is 14.4. The first-order chi connectivity index (χ1) is 8.58. The van der Waals surface area contributed by atoms with E-state index in [-0.39, 0.29) is 5.91 Å². The lowest BCUT2D eigenvalue weighted by Crippen LogP contribution is -2.23. The van der Waals surface area contributed by atoms with Gasteiger partial charge in [-0.1, -0.05) is 13.3 Å². The van der Waals surface area contributed by atoms with Crippen LogP contribution in [-0.2, 0) is 0 Å². The van der Waals surface area contributed by atoms with Crippen molar-refractivity contribution in [2.24, 2.45) is 0 Å². The van der Waals surface area contributed by atoms with E-state index in [1.54, 1.807) is 12.1 Å². The minimum atomic E-state index is -0.0858. The normalized spacial score (nSPS) is 11.9. The molecule has 0 aliphatic rings. The van der Waals surface area contributed by atoms with Gasteiger partial charge in [0.1, 0.15) is 0 Å². The van der Waals surface area contributed by atoms with E-state index in [4.69, 9.17) is 5.73 Å². The molecule has 1 atom stereocenters. The number of rotatable bonds is 6. The number of hydrogen-bond acceptors (Lipinski definition) is 3. The molecular formula is C14H23N3O.